The van der Waals surface area contributed by atoms with Crippen LogP contribution in [0.5, 0.6) is 0 Å². The van der Waals surface area contributed by atoms with Gasteiger partial charge in [0.1, 0.15) is 5.82 Å². The molecule has 0 unspecified atom stereocenters. The van der Waals surface area contributed by atoms with E-state index in [0.717, 1.165) is 6.07 Å². The average molecular weight is 423 g/mol. The van der Waals surface area contributed by atoms with Gasteiger partial charge >= 0.3 is 5.97 Å². The SMILES string of the molecule is COC(=O)CCNC(=O)c1ccc(NC(=O)c2cc(F)ccc2Br)cc1. The summed E-state index contributed by atoms with van der Waals surface area (Å²) in [5, 5.41) is 5.22. The van der Waals surface area contributed by atoms with Gasteiger partial charge in [-0.1, -0.05) is 0 Å². The summed E-state index contributed by atoms with van der Waals surface area (Å²) in [5.74, 6) is -1.75. The molecule has 2 amide bonds. The van der Waals surface area contributed by atoms with Gasteiger partial charge in [0.2, 0.25) is 0 Å². The second-order valence-corrected chi connectivity index (χ2v) is 6.09. The van der Waals surface area contributed by atoms with Gasteiger partial charge in [0.15, 0.2) is 0 Å². The number of anilines is 1. The van der Waals surface area contributed by atoms with Crippen LogP contribution >= 0.6 is 15.9 Å². The highest BCUT2D eigenvalue weighted by Crippen LogP contribution is 2.19. The molecule has 0 aliphatic rings. The van der Waals surface area contributed by atoms with Gasteiger partial charge in [0.05, 0.1) is 19.1 Å². The van der Waals surface area contributed by atoms with Crippen molar-refractivity contribution in [3.63, 3.8) is 0 Å². The topological polar surface area (TPSA) is 84.5 Å². The number of benzene rings is 2. The monoisotopic (exact) mass is 422 g/mol. The predicted molar refractivity (Wildman–Crippen MR) is 97.5 cm³/mol. The maximum atomic E-state index is 13.3. The molecular formula is C18H16BrFN2O4. The van der Waals surface area contributed by atoms with Crippen molar-refractivity contribution in [2.24, 2.45) is 0 Å². The number of nitrogens with one attached hydrogen (secondary N) is 2. The van der Waals surface area contributed by atoms with Crippen LogP contribution in [0.4, 0.5) is 10.1 Å². The van der Waals surface area contributed by atoms with Gasteiger partial charge in [-0.05, 0) is 58.4 Å². The molecule has 2 aromatic carbocycles. The van der Waals surface area contributed by atoms with Crippen LogP contribution in [-0.4, -0.2) is 31.4 Å². The van der Waals surface area contributed by atoms with E-state index in [2.05, 4.69) is 31.3 Å². The molecular weight excluding hydrogens is 407 g/mol. The van der Waals surface area contributed by atoms with Crippen molar-refractivity contribution in [2.75, 3.05) is 19.0 Å². The number of amides is 2. The minimum Gasteiger partial charge on any atom is -0.469 e. The number of carbonyl (C=O) groups is 3. The lowest BCUT2D eigenvalue weighted by molar-refractivity contribution is -0.140. The lowest BCUT2D eigenvalue weighted by atomic mass is 10.1. The fourth-order valence-electron chi connectivity index (χ4n) is 2.06. The first-order valence-corrected chi connectivity index (χ1v) is 8.41. The summed E-state index contributed by atoms with van der Waals surface area (Å²) >= 11 is 3.20. The molecule has 0 fully saturated rings. The molecule has 2 aromatic rings. The Balaban J connectivity index is 1.96. The van der Waals surface area contributed by atoms with Gasteiger partial charge in [-0.15, -0.1) is 0 Å². The Kier molecular flexibility index (Phi) is 6.85. The van der Waals surface area contributed by atoms with Crippen LogP contribution < -0.4 is 10.6 Å². The number of hydrogen-bond donors (Lipinski definition) is 2. The number of carbonyl (C=O) groups excluding carboxylic acids is 3. The zero-order chi connectivity index (χ0) is 19.1. The molecule has 136 valence electrons. The molecule has 8 heteroatoms. The molecule has 26 heavy (non-hydrogen) atoms. The molecule has 0 spiro atoms. The van der Waals surface area contributed by atoms with Crippen molar-refractivity contribution in [2.45, 2.75) is 6.42 Å². The summed E-state index contributed by atoms with van der Waals surface area (Å²) in [6.45, 7) is 0.164. The molecule has 0 aromatic heterocycles. The Hall–Kier alpha value is -2.74. The van der Waals surface area contributed by atoms with E-state index in [9.17, 15) is 18.8 Å². The highest BCUT2D eigenvalue weighted by atomic mass is 79.9. The van der Waals surface area contributed by atoms with Crippen molar-refractivity contribution in [3.8, 4) is 0 Å². The van der Waals surface area contributed by atoms with E-state index in [1.807, 2.05) is 0 Å². The van der Waals surface area contributed by atoms with Crippen molar-refractivity contribution in [3.05, 3.63) is 63.9 Å². The number of hydrogen-bond acceptors (Lipinski definition) is 4. The lowest BCUT2D eigenvalue weighted by Crippen LogP contribution is -2.26. The fraction of sp³-hybridized carbons (Fsp3) is 0.167. The standard InChI is InChI=1S/C18H16BrFN2O4/c1-26-16(23)8-9-21-17(24)11-2-5-13(6-3-11)22-18(25)14-10-12(20)4-7-15(14)19/h2-7,10H,8-9H2,1H3,(H,21,24)(H,22,25). The molecule has 0 saturated carbocycles. The molecule has 0 bridgehead atoms. The highest BCUT2D eigenvalue weighted by molar-refractivity contribution is 9.10. The first kappa shape index (κ1) is 19.6. The zero-order valence-corrected chi connectivity index (χ0v) is 15.4. The van der Waals surface area contributed by atoms with Gasteiger partial charge in [-0.3, -0.25) is 14.4 Å². The highest BCUT2D eigenvalue weighted by Gasteiger charge is 2.12. The smallest absolute Gasteiger partial charge is 0.307 e. The molecule has 0 heterocycles. The second-order valence-electron chi connectivity index (χ2n) is 5.24. The van der Waals surface area contributed by atoms with Gasteiger partial charge in [0, 0.05) is 22.3 Å². The van der Waals surface area contributed by atoms with E-state index in [1.54, 1.807) is 12.1 Å². The molecule has 0 aliphatic heterocycles. The number of ether oxygens (including phenoxy) is 1. The van der Waals surface area contributed by atoms with Gasteiger partial charge < -0.3 is 15.4 Å². The normalized spacial score (nSPS) is 10.1. The van der Waals surface area contributed by atoms with E-state index in [4.69, 9.17) is 0 Å². The summed E-state index contributed by atoms with van der Waals surface area (Å²) in [5.41, 5.74) is 0.992. The number of rotatable bonds is 6. The largest absolute Gasteiger partial charge is 0.469 e. The third-order valence-electron chi connectivity index (χ3n) is 3.42. The quantitative estimate of drug-likeness (QED) is 0.700. The summed E-state index contributed by atoms with van der Waals surface area (Å²) in [6.07, 6.45) is 0.0822. The Bertz CT molecular complexity index is 824. The van der Waals surface area contributed by atoms with Gasteiger partial charge in [0.25, 0.3) is 11.8 Å². The molecule has 2 N–H and O–H groups in total. The van der Waals surface area contributed by atoms with Crippen LogP contribution in [0.3, 0.4) is 0 Å². The molecule has 0 atom stereocenters. The van der Waals surface area contributed by atoms with E-state index in [-0.39, 0.29) is 24.4 Å². The van der Waals surface area contributed by atoms with Crippen molar-refractivity contribution >= 4 is 39.4 Å². The first-order valence-electron chi connectivity index (χ1n) is 7.62. The Morgan fingerprint density at radius 3 is 2.42 bits per heavy atom. The molecule has 6 nitrogen and oxygen atoms in total. The van der Waals surface area contributed by atoms with Gasteiger partial charge in [-0.2, -0.15) is 0 Å². The summed E-state index contributed by atoms with van der Waals surface area (Å²) in [4.78, 5) is 35.2. The molecule has 0 saturated heterocycles. The number of esters is 1. The van der Waals surface area contributed by atoms with Crippen molar-refractivity contribution < 1.29 is 23.5 Å². The van der Waals surface area contributed by atoms with Crippen LogP contribution in [0.25, 0.3) is 0 Å². The van der Waals surface area contributed by atoms with Crippen LogP contribution in [0.1, 0.15) is 27.1 Å². The van der Waals surface area contributed by atoms with Crippen molar-refractivity contribution in [1.82, 2.24) is 5.32 Å². The third kappa shape index (κ3) is 5.38. The summed E-state index contributed by atoms with van der Waals surface area (Å²) < 4.78 is 18.2. The Labute approximate surface area is 157 Å². The van der Waals surface area contributed by atoms with E-state index in [0.29, 0.717) is 15.7 Å². The van der Waals surface area contributed by atoms with E-state index >= 15 is 0 Å². The molecule has 2 rings (SSSR count). The Morgan fingerprint density at radius 2 is 1.77 bits per heavy atom. The average Bonchev–Trinajstić information content (AvgIpc) is 2.63. The lowest BCUT2D eigenvalue weighted by Gasteiger charge is -2.08. The second kappa shape index (κ2) is 9.10. The number of halogens is 2. The minimum absolute atomic E-state index is 0.0822. The fourth-order valence-corrected chi connectivity index (χ4v) is 2.48. The van der Waals surface area contributed by atoms with Crippen LogP contribution in [0.2, 0.25) is 0 Å². The Morgan fingerprint density at radius 1 is 1.08 bits per heavy atom. The minimum atomic E-state index is -0.516. The van der Waals surface area contributed by atoms with E-state index in [1.165, 1.54) is 31.4 Å². The van der Waals surface area contributed by atoms with Crippen LogP contribution in [0.15, 0.2) is 46.9 Å². The molecule has 0 radical (unpaired) electrons. The zero-order valence-electron chi connectivity index (χ0n) is 13.8. The third-order valence-corrected chi connectivity index (χ3v) is 4.11. The van der Waals surface area contributed by atoms with E-state index < -0.39 is 17.7 Å². The predicted octanol–water partition coefficient (Wildman–Crippen LogP) is 3.13. The molecule has 0 aliphatic carbocycles. The summed E-state index contributed by atoms with van der Waals surface area (Å²) in [7, 11) is 1.28. The van der Waals surface area contributed by atoms with Crippen LogP contribution in [0, 0.1) is 5.82 Å². The number of methoxy groups -OCH3 is 1. The maximum Gasteiger partial charge on any atom is 0.307 e. The summed E-state index contributed by atoms with van der Waals surface area (Å²) in [6, 6.07) is 10.00. The first-order chi connectivity index (χ1) is 12.4. The van der Waals surface area contributed by atoms with Gasteiger partial charge in [-0.25, -0.2) is 4.39 Å². The van der Waals surface area contributed by atoms with Crippen LogP contribution in [-0.2, 0) is 9.53 Å². The van der Waals surface area contributed by atoms with Crippen molar-refractivity contribution in [1.29, 1.82) is 0 Å². The maximum absolute atomic E-state index is 13.3.